The number of hydrogen-bond donors (Lipinski definition) is 0. The first kappa shape index (κ1) is 16.5. The van der Waals surface area contributed by atoms with Crippen LogP contribution in [0.3, 0.4) is 0 Å². The van der Waals surface area contributed by atoms with Crippen molar-refractivity contribution in [3.8, 4) is 0 Å². The van der Waals surface area contributed by atoms with Crippen molar-refractivity contribution < 1.29 is 19.0 Å². The highest BCUT2D eigenvalue weighted by atomic mass is 79.9. The molecule has 0 N–H and O–H groups in total. The Balaban J connectivity index is 2.46. The topological polar surface area (TPSA) is 44.8 Å². The molecule has 1 saturated carbocycles. The maximum Gasteiger partial charge on any atom is 0.302 e. The molecule has 0 spiro atoms. The van der Waals surface area contributed by atoms with Crippen LogP contribution in [0.2, 0.25) is 0 Å². The summed E-state index contributed by atoms with van der Waals surface area (Å²) in [6, 6.07) is 0. The first-order chi connectivity index (χ1) is 9.44. The van der Waals surface area contributed by atoms with E-state index in [1.54, 1.807) is 14.2 Å². The van der Waals surface area contributed by atoms with Gasteiger partial charge in [-0.2, -0.15) is 0 Å². The number of carbonyl (C=O) groups is 1. The van der Waals surface area contributed by atoms with E-state index in [1.165, 1.54) is 6.92 Å². The normalized spacial score (nSPS) is 34.7. The Morgan fingerprint density at radius 2 is 1.75 bits per heavy atom. The van der Waals surface area contributed by atoms with Crippen molar-refractivity contribution >= 4 is 37.8 Å². The summed E-state index contributed by atoms with van der Waals surface area (Å²) in [5.41, 5.74) is 0. The van der Waals surface area contributed by atoms with E-state index >= 15 is 0 Å². The van der Waals surface area contributed by atoms with E-state index in [1.807, 2.05) is 0 Å². The van der Waals surface area contributed by atoms with Gasteiger partial charge in [0.2, 0.25) is 0 Å². The summed E-state index contributed by atoms with van der Waals surface area (Å²) in [5.74, 6) is -0.915. The van der Waals surface area contributed by atoms with Gasteiger partial charge in [-0.3, -0.25) is 4.79 Å². The van der Waals surface area contributed by atoms with Crippen molar-refractivity contribution in [3.05, 3.63) is 8.96 Å². The van der Waals surface area contributed by atoms with Gasteiger partial charge in [-0.15, -0.1) is 0 Å². The molecule has 0 aromatic rings. The second-order valence-corrected chi connectivity index (χ2v) is 7.02. The first-order valence-electron chi connectivity index (χ1n) is 6.77. The molecular formula is C14H20Br2O4. The lowest BCUT2D eigenvalue weighted by molar-refractivity contribution is -0.237. The van der Waals surface area contributed by atoms with Gasteiger partial charge in [0.05, 0.1) is 11.8 Å². The molecule has 0 unspecified atom stereocenters. The Hall–Kier alpha value is 0.0900. The van der Waals surface area contributed by atoms with Crippen LogP contribution >= 0.6 is 31.9 Å². The van der Waals surface area contributed by atoms with Crippen LogP contribution in [-0.2, 0) is 19.0 Å². The molecule has 2 aliphatic rings. The van der Waals surface area contributed by atoms with Crippen LogP contribution in [0, 0.1) is 17.8 Å². The molecule has 1 fully saturated rings. The molecule has 0 aromatic heterocycles. The van der Waals surface area contributed by atoms with Gasteiger partial charge in [-0.25, -0.2) is 0 Å². The standard InChI is InChI=1S/C14H20Br2O4/c1-5-6-8-9-11(15)12(16)10(13(8)20-7(2)17)14(9,18-3)19-4/h8-10,13H,5-6H2,1-4H3/t8-,9-,10-,13-/m0/s1. The average molecular weight is 412 g/mol. The van der Waals surface area contributed by atoms with Gasteiger partial charge < -0.3 is 14.2 Å². The van der Waals surface area contributed by atoms with E-state index in [4.69, 9.17) is 14.2 Å². The monoisotopic (exact) mass is 410 g/mol. The third-order valence-electron chi connectivity index (χ3n) is 4.38. The van der Waals surface area contributed by atoms with Crippen molar-refractivity contribution in [3.63, 3.8) is 0 Å². The van der Waals surface area contributed by atoms with Crippen molar-refractivity contribution in [1.82, 2.24) is 0 Å². The van der Waals surface area contributed by atoms with Crippen molar-refractivity contribution in [2.45, 2.75) is 38.6 Å². The highest BCUT2D eigenvalue weighted by Crippen LogP contribution is 2.64. The van der Waals surface area contributed by atoms with E-state index in [-0.39, 0.29) is 29.8 Å². The van der Waals surface area contributed by atoms with Gasteiger partial charge >= 0.3 is 5.97 Å². The predicted molar refractivity (Wildman–Crippen MR) is 82.6 cm³/mol. The fourth-order valence-corrected chi connectivity index (χ4v) is 5.47. The van der Waals surface area contributed by atoms with Crippen LogP contribution in [0.4, 0.5) is 0 Å². The number of ether oxygens (including phenoxy) is 3. The smallest absolute Gasteiger partial charge is 0.302 e. The average Bonchev–Trinajstić information content (AvgIpc) is 2.78. The van der Waals surface area contributed by atoms with Crippen LogP contribution in [0.1, 0.15) is 26.7 Å². The highest BCUT2D eigenvalue weighted by molar-refractivity contribution is 9.14. The van der Waals surface area contributed by atoms with Gasteiger partial charge in [0.25, 0.3) is 0 Å². The minimum absolute atomic E-state index is 0.0428. The largest absolute Gasteiger partial charge is 0.461 e. The van der Waals surface area contributed by atoms with E-state index in [0.29, 0.717) is 0 Å². The molecule has 2 bridgehead atoms. The molecule has 0 aromatic carbocycles. The lowest BCUT2D eigenvalue weighted by Gasteiger charge is -2.32. The summed E-state index contributed by atoms with van der Waals surface area (Å²) >= 11 is 7.26. The molecule has 2 rings (SSSR count). The number of fused-ring (bicyclic) bond motifs is 2. The van der Waals surface area contributed by atoms with Crippen LogP contribution in [0.5, 0.6) is 0 Å². The van der Waals surface area contributed by atoms with Crippen LogP contribution < -0.4 is 0 Å². The van der Waals surface area contributed by atoms with E-state index in [2.05, 4.69) is 38.8 Å². The number of hydrogen-bond acceptors (Lipinski definition) is 4. The third kappa shape index (κ3) is 2.19. The Labute approximate surface area is 136 Å². The molecule has 20 heavy (non-hydrogen) atoms. The summed E-state index contributed by atoms with van der Waals surface area (Å²) in [4.78, 5) is 11.5. The third-order valence-corrected chi connectivity index (χ3v) is 6.75. The molecule has 0 aliphatic heterocycles. The number of methoxy groups -OCH3 is 2. The molecule has 114 valence electrons. The zero-order valence-electron chi connectivity index (χ0n) is 12.1. The molecule has 4 atom stereocenters. The van der Waals surface area contributed by atoms with Crippen molar-refractivity contribution in [2.24, 2.45) is 17.8 Å². The molecule has 0 amide bonds. The van der Waals surface area contributed by atoms with Gasteiger partial charge in [-0.05, 0) is 6.42 Å². The Bertz CT molecular complexity index is 431. The number of esters is 1. The molecule has 0 radical (unpaired) electrons. The lowest BCUT2D eigenvalue weighted by atomic mass is 9.87. The maximum absolute atomic E-state index is 11.5. The second-order valence-electron chi connectivity index (χ2n) is 5.31. The summed E-state index contributed by atoms with van der Waals surface area (Å²) < 4.78 is 19.1. The fourth-order valence-electron chi connectivity index (χ4n) is 3.74. The fraction of sp³-hybridized carbons (Fsp3) is 0.786. The van der Waals surface area contributed by atoms with Crippen LogP contribution in [0.15, 0.2) is 8.96 Å². The summed E-state index contributed by atoms with van der Waals surface area (Å²) in [7, 11) is 3.29. The minimum Gasteiger partial charge on any atom is -0.461 e. The van der Waals surface area contributed by atoms with Gasteiger partial charge in [0.1, 0.15) is 6.10 Å². The zero-order valence-corrected chi connectivity index (χ0v) is 15.3. The number of rotatable bonds is 5. The maximum atomic E-state index is 11.5. The summed E-state index contributed by atoms with van der Waals surface area (Å²) in [6.45, 7) is 3.58. The van der Waals surface area contributed by atoms with E-state index < -0.39 is 5.79 Å². The molecule has 4 nitrogen and oxygen atoms in total. The van der Waals surface area contributed by atoms with Crippen LogP contribution in [0.25, 0.3) is 0 Å². The molecule has 6 heteroatoms. The van der Waals surface area contributed by atoms with Gasteiger partial charge in [-0.1, -0.05) is 45.2 Å². The molecule has 0 saturated heterocycles. The molecular weight excluding hydrogens is 392 g/mol. The molecule has 0 heterocycles. The Kier molecular flexibility index (Phi) is 4.99. The summed E-state index contributed by atoms with van der Waals surface area (Å²) in [6.07, 6.45) is 1.77. The number of carbonyl (C=O) groups excluding carboxylic acids is 1. The molecule has 2 aliphatic carbocycles. The van der Waals surface area contributed by atoms with Crippen LogP contribution in [-0.4, -0.2) is 32.1 Å². The van der Waals surface area contributed by atoms with Crippen molar-refractivity contribution in [1.29, 1.82) is 0 Å². The first-order valence-corrected chi connectivity index (χ1v) is 8.35. The minimum atomic E-state index is -0.766. The van der Waals surface area contributed by atoms with Crippen molar-refractivity contribution in [2.75, 3.05) is 14.2 Å². The quantitative estimate of drug-likeness (QED) is 0.512. The highest BCUT2D eigenvalue weighted by Gasteiger charge is 2.69. The SMILES string of the molecule is CCC[C@@H]1[C@H](OC(C)=O)[C@@H]2C(Br)=C(Br)[C@H]1C2(OC)OC. The Morgan fingerprint density at radius 3 is 2.20 bits per heavy atom. The summed E-state index contributed by atoms with van der Waals surface area (Å²) in [5, 5.41) is 0. The zero-order chi connectivity index (χ0) is 15.1. The lowest BCUT2D eigenvalue weighted by Crippen LogP contribution is -2.42. The van der Waals surface area contributed by atoms with Gasteiger partial charge in [0.15, 0.2) is 5.79 Å². The number of halogens is 2. The van der Waals surface area contributed by atoms with Gasteiger partial charge in [0, 0.05) is 36.0 Å². The Morgan fingerprint density at radius 1 is 1.20 bits per heavy atom. The van der Waals surface area contributed by atoms with E-state index in [0.717, 1.165) is 21.8 Å². The van der Waals surface area contributed by atoms with E-state index in [9.17, 15) is 4.79 Å². The second kappa shape index (κ2) is 6.07. The predicted octanol–water partition coefficient (Wildman–Crippen LogP) is 3.58.